The van der Waals surface area contributed by atoms with E-state index in [1.165, 1.54) is 11.1 Å². The zero-order chi connectivity index (χ0) is 30.6. The van der Waals surface area contributed by atoms with Gasteiger partial charge in [-0.15, -0.1) is 11.3 Å². The Morgan fingerprint density at radius 1 is 1.16 bits per heavy atom. The fourth-order valence-electron chi connectivity index (χ4n) is 5.79. The van der Waals surface area contributed by atoms with E-state index in [0.29, 0.717) is 10.8 Å². The molecule has 0 saturated carbocycles. The molecular weight excluding hydrogens is 580 g/mol. The molecule has 3 aromatic heterocycles. The molecule has 0 amide bonds. The van der Waals surface area contributed by atoms with Gasteiger partial charge in [0.05, 0.1) is 16.6 Å². The molecule has 0 fully saturated rings. The van der Waals surface area contributed by atoms with E-state index in [-0.39, 0.29) is 6.42 Å². The number of carbonyl (C=O) groups is 1. The molecule has 2 aromatic carbocycles. The van der Waals surface area contributed by atoms with Crippen molar-refractivity contribution in [1.82, 2.24) is 19.4 Å². The van der Waals surface area contributed by atoms with E-state index in [4.69, 9.17) is 26.3 Å². The van der Waals surface area contributed by atoms with E-state index in [1.54, 1.807) is 17.4 Å². The van der Waals surface area contributed by atoms with Gasteiger partial charge in [-0.1, -0.05) is 17.7 Å². The lowest BCUT2D eigenvalue weighted by Gasteiger charge is -2.24. The molecule has 5 aromatic rings. The van der Waals surface area contributed by atoms with Crippen molar-refractivity contribution in [3.05, 3.63) is 70.5 Å². The van der Waals surface area contributed by atoms with Gasteiger partial charge in [-0.2, -0.15) is 0 Å². The molecule has 7 nitrogen and oxygen atoms in total. The molecule has 0 saturated heterocycles. The number of halogens is 1. The van der Waals surface area contributed by atoms with Crippen molar-refractivity contribution in [1.29, 1.82) is 0 Å². The highest BCUT2D eigenvalue weighted by atomic mass is 35.5. The van der Waals surface area contributed by atoms with Gasteiger partial charge in [-0.3, -0.25) is 4.79 Å². The predicted molar refractivity (Wildman–Crippen MR) is 176 cm³/mol. The quantitative estimate of drug-likeness (QED) is 0.209. The van der Waals surface area contributed by atoms with Gasteiger partial charge in [0.1, 0.15) is 22.0 Å². The van der Waals surface area contributed by atoms with Crippen LogP contribution >= 0.6 is 22.9 Å². The maximum Gasteiger partial charge on any atom is 0.307 e. The third-order valence-corrected chi connectivity index (χ3v) is 9.16. The molecule has 4 heterocycles. The Kier molecular flexibility index (Phi) is 7.57. The third kappa shape index (κ3) is 5.79. The fraction of sp³-hybridized carbons (Fsp3) is 0.324. The second kappa shape index (κ2) is 11.1. The van der Waals surface area contributed by atoms with E-state index >= 15 is 0 Å². The minimum Gasteiger partial charge on any atom is -0.487 e. The van der Waals surface area contributed by atoms with Crippen LogP contribution < -0.4 is 4.74 Å². The lowest BCUT2D eigenvalue weighted by molar-refractivity contribution is -0.136. The van der Waals surface area contributed by atoms with Crippen LogP contribution in [-0.4, -0.2) is 56.2 Å². The summed E-state index contributed by atoms with van der Waals surface area (Å²) in [5.41, 5.74) is 7.98. The van der Waals surface area contributed by atoms with Gasteiger partial charge in [-0.25, -0.2) is 9.97 Å². The summed E-state index contributed by atoms with van der Waals surface area (Å²) < 4.78 is 9.36. The van der Waals surface area contributed by atoms with Crippen LogP contribution in [0.1, 0.15) is 43.9 Å². The second-order valence-corrected chi connectivity index (χ2v) is 13.8. The summed E-state index contributed by atoms with van der Waals surface area (Å²) in [6.45, 7) is 9.85. The van der Waals surface area contributed by atoms with Gasteiger partial charge in [0.15, 0.2) is 0 Å². The summed E-state index contributed by atoms with van der Waals surface area (Å²) in [7, 11) is 4.18. The van der Waals surface area contributed by atoms with Crippen LogP contribution in [0.2, 0.25) is 5.02 Å². The van der Waals surface area contributed by atoms with Crippen LogP contribution in [0.5, 0.6) is 5.75 Å². The molecular formula is C34H35ClN4O3S. The van der Waals surface area contributed by atoms with Crippen LogP contribution in [-0.2, 0) is 18.3 Å². The number of hydrogen-bond acceptors (Lipinski definition) is 6. The van der Waals surface area contributed by atoms with Gasteiger partial charge >= 0.3 is 5.97 Å². The number of nitrogens with zero attached hydrogens (tertiary/aromatic N) is 4. The van der Waals surface area contributed by atoms with Crippen LogP contribution in [0.3, 0.4) is 0 Å². The largest absolute Gasteiger partial charge is 0.487 e. The minimum atomic E-state index is -0.893. The summed E-state index contributed by atoms with van der Waals surface area (Å²) in [5.74, 6) is -0.285. The highest BCUT2D eigenvalue weighted by Gasteiger charge is 2.24. The molecule has 222 valence electrons. The van der Waals surface area contributed by atoms with Gasteiger partial charge in [-0.05, 0) is 88.2 Å². The summed E-state index contributed by atoms with van der Waals surface area (Å²) in [4.78, 5) is 24.3. The van der Waals surface area contributed by atoms with E-state index in [0.717, 1.165) is 73.6 Å². The first-order valence-corrected chi connectivity index (χ1v) is 15.5. The Balaban J connectivity index is 1.56. The number of thiazole rings is 1. The Morgan fingerprint density at radius 2 is 1.95 bits per heavy atom. The van der Waals surface area contributed by atoms with Gasteiger partial charge < -0.3 is 19.3 Å². The third-order valence-electron chi connectivity index (χ3n) is 7.79. The highest BCUT2D eigenvalue weighted by molar-refractivity contribution is 7.22. The lowest BCUT2D eigenvalue weighted by Crippen LogP contribution is -2.23. The second-order valence-electron chi connectivity index (χ2n) is 12.3. The van der Waals surface area contributed by atoms with Crippen LogP contribution in [0.25, 0.3) is 48.5 Å². The molecule has 1 N–H and O–H groups in total. The summed E-state index contributed by atoms with van der Waals surface area (Å²) in [6.07, 6.45) is 7.25. The topological polar surface area (TPSA) is 80.5 Å². The van der Waals surface area contributed by atoms with Crippen LogP contribution in [0.4, 0.5) is 0 Å². The summed E-state index contributed by atoms with van der Waals surface area (Å²) >= 11 is 7.97. The average Bonchev–Trinajstić information content (AvgIpc) is 3.49. The monoisotopic (exact) mass is 614 g/mol. The lowest BCUT2D eigenvalue weighted by atomic mass is 9.92. The Labute approximate surface area is 260 Å². The first-order chi connectivity index (χ1) is 20.4. The normalized spacial score (nSPS) is 14.4. The first-order valence-electron chi connectivity index (χ1n) is 14.3. The number of likely N-dealkylation sites (N-methyl/N-ethyl adjacent to an activating group) is 1. The van der Waals surface area contributed by atoms with Crippen molar-refractivity contribution in [2.75, 3.05) is 20.1 Å². The highest BCUT2D eigenvalue weighted by Crippen LogP contribution is 2.45. The number of rotatable bonds is 6. The van der Waals surface area contributed by atoms with Crippen molar-refractivity contribution >= 4 is 55.7 Å². The van der Waals surface area contributed by atoms with Crippen LogP contribution in [0.15, 0.2) is 48.8 Å². The molecule has 9 heteroatoms. The van der Waals surface area contributed by atoms with Crippen molar-refractivity contribution in [2.24, 2.45) is 7.05 Å². The minimum absolute atomic E-state index is 0.118. The van der Waals surface area contributed by atoms with Crippen molar-refractivity contribution in [3.63, 3.8) is 0 Å². The predicted octanol–water partition coefficient (Wildman–Crippen LogP) is 8.00. The molecule has 0 unspecified atom stereocenters. The van der Waals surface area contributed by atoms with E-state index < -0.39 is 11.6 Å². The van der Waals surface area contributed by atoms with E-state index in [1.807, 2.05) is 59.1 Å². The van der Waals surface area contributed by atoms with Gasteiger partial charge in [0.2, 0.25) is 0 Å². The number of hydrogen-bond donors (Lipinski definition) is 1. The molecule has 0 spiro atoms. The zero-order valence-electron chi connectivity index (χ0n) is 25.3. The number of aryl methyl sites for hydroxylation is 2. The van der Waals surface area contributed by atoms with Crippen molar-refractivity contribution in [2.45, 2.75) is 46.1 Å². The number of ether oxygens (including phenoxy) is 1. The van der Waals surface area contributed by atoms with Crippen LogP contribution in [0, 0.1) is 6.92 Å². The number of benzene rings is 2. The standard InChI is InChI=1S/C34H35ClN4O3S/c1-19-13-27-31(30(24(19)16-29(40)41)23-8-7-22(35)15-28(23)42-34(2,3)4)43-33(37-27)21-14-25-26(18-39(6)32(25)36-17-21)20-9-11-38(5)12-10-20/h7-9,13-15,17-18H,10-12,16H2,1-6H3,(H,40,41). The number of aliphatic carboxylic acids is 1. The molecule has 43 heavy (non-hydrogen) atoms. The number of pyridine rings is 1. The summed E-state index contributed by atoms with van der Waals surface area (Å²) in [5, 5.41) is 12.4. The zero-order valence-corrected chi connectivity index (χ0v) is 26.9. The van der Waals surface area contributed by atoms with Gasteiger partial charge in [0, 0.05) is 65.2 Å². The van der Waals surface area contributed by atoms with Crippen molar-refractivity contribution in [3.8, 4) is 27.4 Å². The molecule has 6 rings (SSSR count). The molecule has 1 aliphatic heterocycles. The molecule has 1 aliphatic rings. The molecule has 0 radical (unpaired) electrons. The Bertz CT molecular complexity index is 1930. The Hall–Kier alpha value is -3.72. The van der Waals surface area contributed by atoms with Crippen molar-refractivity contribution < 1.29 is 14.6 Å². The molecule has 0 atom stereocenters. The average molecular weight is 615 g/mol. The van der Waals surface area contributed by atoms with E-state index in [2.05, 4.69) is 34.9 Å². The number of fused-ring (bicyclic) bond motifs is 2. The molecule has 0 aliphatic carbocycles. The number of carboxylic acids is 1. The smallest absolute Gasteiger partial charge is 0.307 e. The maximum absolute atomic E-state index is 12.1. The Morgan fingerprint density at radius 3 is 2.65 bits per heavy atom. The molecule has 0 bridgehead atoms. The number of aromatic nitrogens is 3. The van der Waals surface area contributed by atoms with Gasteiger partial charge in [0.25, 0.3) is 0 Å². The number of carboxylic acid groups (broad SMARTS) is 1. The maximum atomic E-state index is 12.1. The fourth-order valence-corrected chi connectivity index (χ4v) is 7.06. The summed E-state index contributed by atoms with van der Waals surface area (Å²) in [6, 6.07) is 9.71. The SMILES string of the molecule is Cc1cc2nc(-c3cnc4c(c3)c(C3=CCN(C)CC3)cn4C)sc2c(-c2ccc(Cl)cc2OC(C)(C)C)c1CC(=O)O. The first kappa shape index (κ1) is 29.4. The van der Waals surface area contributed by atoms with E-state index in [9.17, 15) is 9.90 Å².